The first-order chi connectivity index (χ1) is 8.20. The molecule has 0 aromatic heterocycles. The molecule has 94 valence electrons. The van der Waals surface area contributed by atoms with Crippen LogP contribution < -0.4 is 10.5 Å². The van der Waals surface area contributed by atoms with Crippen LogP contribution >= 0.6 is 0 Å². The highest BCUT2D eigenvalue weighted by atomic mass is 32.2. The average Bonchev–Trinajstić information content (AvgIpc) is 2.39. The number of nitrogens with two attached hydrogens (primary N) is 1. The Kier molecular flexibility index (Phi) is 4.18. The van der Waals surface area contributed by atoms with Crippen molar-refractivity contribution in [2.45, 2.75) is 41.9 Å². The number of hydrogen-bond acceptors (Lipinski definition) is 3. The highest BCUT2D eigenvalue weighted by Crippen LogP contribution is 2.26. The second-order valence-corrected chi connectivity index (χ2v) is 6.25. The lowest BCUT2D eigenvalue weighted by atomic mass is 9.96. The molecule has 1 aliphatic rings. The van der Waals surface area contributed by atoms with E-state index in [0.717, 1.165) is 36.3 Å². The van der Waals surface area contributed by atoms with E-state index in [9.17, 15) is 4.21 Å². The van der Waals surface area contributed by atoms with Gasteiger partial charge in [-0.2, -0.15) is 0 Å². The Morgan fingerprint density at radius 1 is 1.29 bits per heavy atom. The first-order valence-electron chi connectivity index (χ1n) is 6.01. The minimum Gasteiger partial charge on any atom is -0.497 e. The largest absolute Gasteiger partial charge is 0.497 e. The van der Waals surface area contributed by atoms with Crippen molar-refractivity contribution >= 4 is 10.8 Å². The Bertz CT molecular complexity index is 400. The fourth-order valence-electron chi connectivity index (χ4n) is 2.22. The maximum Gasteiger partial charge on any atom is 0.120 e. The molecule has 0 radical (unpaired) electrons. The van der Waals surface area contributed by atoms with Crippen LogP contribution in [-0.4, -0.2) is 22.6 Å². The average molecular weight is 253 g/mol. The van der Waals surface area contributed by atoms with E-state index in [1.54, 1.807) is 7.11 Å². The smallest absolute Gasteiger partial charge is 0.120 e. The Balaban J connectivity index is 2.08. The maximum absolute atomic E-state index is 12.4. The van der Waals surface area contributed by atoms with Gasteiger partial charge in [-0.05, 0) is 43.9 Å². The molecule has 1 aliphatic carbocycles. The summed E-state index contributed by atoms with van der Waals surface area (Å²) in [4.78, 5) is 0.866. The molecule has 0 spiro atoms. The van der Waals surface area contributed by atoms with Crippen molar-refractivity contribution in [1.29, 1.82) is 0 Å². The van der Waals surface area contributed by atoms with Gasteiger partial charge in [-0.25, -0.2) is 0 Å². The molecule has 1 atom stereocenters. The third-order valence-electron chi connectivity index (χ3n) is 3.30. The fourth-order valence-corrected chi connectivity index (χ4v) is 3.75. The van der Waals surface area contributed by atoms with Crippen LogP contribution in [0.5, 0.6) is 5.75 Å². The molecule has 0 bridgehead atoms. The van der Waals surface area contributed by atoms with E-state index in [2.05, 4.69) is 0 Å². The van der Waals surface area contributed by atoms with Gasteiger partial charge in [0.2, 0.25) is 0 Å². The van der Waals surface area contributed by atoms with Crippen LogP contribution in [0.3, 0.4) is 0 Å². The molecular weight excluding hydrogens is 234 g/mol. The zero-order chi connectivity index (χ0) is 12.3. The summed E-state index contributed by atoms with van der Waals surface area (Å²) in [7, 11) is 0.694. The van der Waals surface area contributed by atoms with E-state index >= 15 is 0 Å². The van der Waals surface area contributed by atoms with Crippen LogP contribution in [0.15, 0.2) is 29.2 Å². The molecule has 0 aliphatic heterocycles. The number of ether oxygens (including phenoxy) is 1. The molecule has 1 aromatic rings. The summed E-state index contributed by atoms with van der Waals surface area (Å²) in [5.41, 5.74) is 5.86. The minimum atomic E-state index is -0.932. The lowest BCUT2D eigenvalue weighted by Gasteiger charge is -2.25. The van der Waals surface area contributed by atoms with Crippen molar-refractivity contribution in [1.82, 2.24) is 0 Å². The van der Waals surface area contributed by atoms with Gasteiger partial charge < -0.3 is 10.5 Å². The summed E-state index contributed by atoms with van der Waals surface area (Å²) in [6.45, 7) is 0. The second-order valence-electron chi connectivity index (χ2n) is 4.51. The second kappa shape index (κ2) is 5.65. The molecule has 17 heavy (non-hydrogen) atoms. The Morgan fingerprint density at radius 3 is 2.65 bits per heavy atom. The van der Waals surface area contributed by atoms with Crippen LogP contribution in [0.2, 0.25) is 0 Å². The molecule has 1 unspecified atom stereocenters. The zero-order valence-corrected chi connectivity index (χ0v) is 10.9. The minimum absolute atomic E-state index is 0.252. The molecule has 0 saturated heterocycles. The van der Waals surface area contributed by atoms with Gasteiger partial charge in [-0.15, -0.1) is 0 Å². The summed E-state index contributed by atoms with van der Waals surface area (Å²) in [6.07, 6.45) is 3.90. The fraction of sp³-hybridized carbons (Fsp3) is 0.538. The quantitative estimate of drug-likeness (QED) is 0.897. The molecule has 0 amide bonds. The number of hydrogen-bond donors (Lipinski definition) is 1. The standard InChI is InChI=1S/C13H19NO2S/c1-16-11-3-2-4-13(9-11)17(15)12-7-5-10(14)6-8-12/h2-4,9-10,12H,5-8,14H2,1H3. The first-order valence-corrected chi connectivity index (χ1v) is 7.22. The van der Waals surface area contributed by atoms with Gasteiger partial charge in [-0.3, -0.25) is 4.21 Å². The van der Waals surface area contributed by atoms with Gasteiger partial charge in [0.15, 0.2) is 0 Å². The summed E-state index contributed by atoms with van der Waals surface area (Å²) >= 11 is 0. The Labute approximate surface area is 105 Å². The maximum atomic E-state index is 12.4. The van der Waals surface area contributed by atoms with Gasteiger partial charge in [0, 0.05) is 16.2 Å². The lowest BCUT2D eigenvalue weighted by molar-refractivity contribution is 0.413. The van der Waals surface area contributed by atoms with Gasteiger partial charge in [0.25, 0.3) is 0 Å². The zero-order valence-electron chi connectivity index (χ0n) is 10.1. The SMILES string of the molecule is COc1cccc(S(=O)C2CCC(N)CC2)c1. The summed E-state index contributed by atoms with van der Waals surface area (Å²) in [5.74, 6) is 0.767. The van der Waals surface area contributed by atoms with Gasteiger partial charge in [0.1, 0.15) is 5.75 Å². The van der Waals surface area contributed by atoms with Gasteiger partial charge in [0.05, 0.1) is 17.9 Å². The van der Waals surface area contributed by atoms with Crippen molar-refractivity contribution in [3.05, 3.63) is 24.3 Å². The number of methoxy groups -OCH3 is 1. The predicted molar refractivity (Wildman–Crippen MR) is 69.6 cm³/mol. The van der Waals surface area contributed by atoms with E-state index < -0.39 is 10.8 Å². The van der Waals surface area contributed by atoms with Crippen LogP contribution in [-0.2, 0) is 10.8 Å². The van der Waals surface area contributed by atoms with Crippen molar-refractivity contribution in [2.24, 2.45) is 5.73 Å². The number of benzene rings is 1. The van der Waals surface area contributed by atoms with Gasteiger partial charge in [-0.1, -0.05) is 6.07 Å². The molecular formula is C13H19NO2S. The monoisotopic (exact) mass is 253 g/mol. The molecule has 0 heterocycles. The third kappa shape index (κ3) is 3.07. The van der Waals surface area contributed by atoms with Crippen molar-refractivity contribution < 1.29 is 8.95 Å². The Hall–Kier alpha value is -0.870. The Morgan fingerprint density at radius 2 is 2.00 bits per heavy atom. The topological polar surface area (TPSA) is 52.3 Å². The van der Waals surface area contributed by atoms with Crippen LogP contribution in [0.4, 0.5) is 0 Å². The third-order valence-corrected chi connectivity index (χ3v) is 5.09. The van der Waals surface area contributed by atoms with E-state index in [-0.39, 0.29) is 5.25 Å². The van der Waals surface area contributed by atoms with E-state index in [1.165, 1.54) is 0 Å². The molecule has 4 heteroatoms. The van der Waals surface area contributed by atoms with Crippen LogP contribution in [0.25, 0.3) is 0 Å². The highest BCUT2D eigenvalue weighted by molar-refractivity contribution is 7.85. The molecule has 1 saturated carbocycles. The van der Waals surface area contributed by atoms with Crippen molar-refractivity contribution in [3.8, 4) is 5.75 Å². The van der Waals surface area contributed by atoms with Crippen molar-refractivity contribution in [2.75, 3.05) is 7.11 Å². The van der Waals surface area contributed by atoms with Crippen molar-refractivity contribution in [3.63, 3.8) is 0 Å². The number of rotatable bonds is 3. The van der Waals surface area contributed by atoms with Gasteiger partial charge >= 0.3 is 0 Å². The highest BCUT2D eigenvalue weighted by Gasteiger charge is 2.24. The molecule has 3 nitrogen and oxygen atoms in total. The summed E-state index contributed by atoms with van der Waals surface area (Å²) in [6, 6.07) is 7.84. The lowest BCUT2D eigenvalue weighted by Crippen LogP contribution is -2.31. The summed E-state index contributed by atoms with van der Waals surface area (Å²) < 4.78 is 17.5. The first kappa shape index (κ1) is 12.6. The van der Waals surface area contributed by atoms with E-state index in [1.807, 2.05) is 24.3 Å². The van der Waals surface area contributed by atoms with Crippen LogP contribution in [0, 0.1) is 0 Å². The molecule has 1 aromatic carbocycles. The van der Waals surface area contributed by atoms with E-state index in [4.69, 9.17) is 10.5 Å². The normalized spacial score (nSPS) is 26.5. The predicted octanol–water partition coefficient (Wildman–Crippen LogP) is 2.07. The van der Waals surface area contributed by atoms with Crippen LogP contribution in [0.1, 0.15) is 25.7 Å². The summed E-state index contributed by atoms with van der Waals surface area (Å²) in [5, 5.41) is 0.252. The molecule has 2 rings (SSSR count). The molecule has 1 fully saturated rings. The molecule has 2 N–H and O–H groups in total. The van der Waals surface area contributed by atoms with E-state index in [0.29, 0.717) is 6.04 Å².